The van der Waals surface area contributed by atoms with Crippen molar-refractivity contribution in [1.82, 2.24) is 10.3 Å². The molecule has 1 aromatic heterocycles. The number of ether oxygens (including phenoxy) is 2. The van der Waals surface area contributed by atoms with Crippen molar-refractivity contribution in [2.45, 2.75) is 18.9 Å². The number of aromatic nitrogens is 1. The number of nitrogens with one attached hydrogen (secondary N) is 2. The number of rotatable bonds is 3. The van der Waals surface area contributed by atoms with Crippen molar-refractivity contribution in [1.29, 1.82) is 0 Å². The van der Waals surface area contributed by atoms with E-state index in [-0.39, 0.29) is 0 Å². The second kappa shape index (κ2) is 4.53. The fourth-order valence-electron chi connectivity index (χ4n) is 2.71. The summed E-state index contributed by atoms with van der Waals surface area (Å²) in [5, 5.41) is 4.74. The number of hydrogen-bond donors (Lipinski definition) is 2. The highest BCUT2D eigenvalue weighted by atomic mass is 16.5. The summed E-state index contributed by atoms with van der Waals surface area (Å²) in [5.74, 6) is 1.54. The molecule has 1 atom stereocenters. The van der Waals surface area contributed by atoms with E-state index >= 15 is 0 Å². The Kier molecular flexibility index (Phi) is 2.88. The summed E-state index contributed by atoms with van der Waals surface area (Å²) in [7, 11) is 3.33. The normalized spacial score (nSPS) is 19.3. The van der Waals surface area contributed by atoms with Crippen LogP contribution in [0.1, 0.15) is 24.4 Å². The van der Waals surface area contributed by atoms with E-state index in [1.54, 1.807) is 14.2 Å². The molecule has 0 amide bonds. The molecule has 2 heterocycles. The van der Waals surface area contributed by atoms with Crippen LogP contribution < -0.4 is 14.8 Å². The van der Waals surface area contributed by atoms with Gasteiger partial charge in [-0.15, -0.1) is 0 Å². The van der Waals surface area contributed by atoms with Crippen LogP contribution in [-0.2, 0) is 0 Å². The zero-order chi connectivity index (χ0) is 12.5. The standard InChI is InChI=1S/C14H18N2O2/c1-17-13-6-9-10(11-4-3-5-15-11)8-16-12(9)7-14(13)18-2/h6-8,11,15-16H,3-5H2,1-2H3. The van der Waals surface area contributed by atoms with Crippen LogP contribution in [0.2, 0.25) is 0 Å². The summed E-state index contributed by atoms with van der Waals surface area (Å²) in [6.07, 6.45) is 4.53. The quantitative estimate of drug-likeness (QED) is 0.875. The molecule has 0 radical (unpaired) electrons. The van der Waals surface area contributed by atoms with Crippen LogP contribution in [0, 0.1) is 0 Å². The zero-order valence-electron chi connectivity index (χ0n) is 10.7. The van der Waals surface area contributed by atoms with Crippen molar-refractivity contribution >= 4 is 10.9 Å². The number of benzene rings is 1. The van der Waals surface area contributed by atoms with Crippen LogP contribution in [0.3, 0.4) is 0 Å². The van der Waals surface area contributed by atoms with Gasteiger partial charge in [-0.25, -0.2) is 0 Å². The first-order valence-corrected chi connectivity index (χ1v) is 6.30. The smallest absolute Gasteiger partial charge is 0.162 e. The van der Waals surface area contributed by atoms with Crippen LogP contribution in [0.15, 0.2) is 18.3 Å². The van der Waals surface area contributed by atoms with Gasteiger partial charge in [0.2, 0.25) is 0 Å². The molecule has 0 bridgehead atoms. The van der Waals surface area contributed by atoms with Gasteiger partial charge in [-0.2, -0.15) is 0 Å². The maximum atomic E-state index is 5.37. The molecule has 1 saturated heterocycles. The molecule has 1 aliphatic rings. The summed E-state index contributed by atoms with van der Waals surface area (Å²) in [5.41, 5.74) is 2.42. The van der Waals surface area contributed by atoms with Crippen LogP contribution in [-0.4, -0.2) is 25.7 Å². The minimum atomic E-state index is 0.455. The summed E-state index contributed by atoms with van der Waals surface area (Å²) < 4.78 is 10.7. The average molecular weight is 246 g/mol. The van der Waals surface area contributed by atoms with Crippen LogP contribution in [0.25, 0.3) is 10.9 Å². The SMILES string of the molecule is COc1cc2[nH]cc(C3CCCN3)c2cc1OC. The Hall–Kier alpha value is -1.68. The lowest BCUT2D eigenvalue weighted by Gasteiger charge is -2.11. The van der Waals surface area contributed by atoms with E-state index in [9.17, 15) is 0 Å². The summed E-state index contributed by atoms with van der Waals surface area (Å²) in [6, 6.07) is 4.50. The molecule has 0 spiro atoms. The molecular formula is C14H18N2O2. The van der Waals surface area contributed by atoms with Gasteiger partial charge in [0, 0.05) is 29.2 Å². The van der Waals surface area contributed by atoms with Crippen LogP contribution in [0.5, 0.6) is 11.5 Å². The Labute approximate surface area is 106 Å². The molecule has 0 aliphatic carbocycles. The molecule has 1 aromatic carbocycles. The van der Waals surface area contributed by atoms with Crippen molar-refractivity contribution < 1.29 is 9.47 Å². The van der Waals surface area contributed by atoms with E-state index in [2.05, 4.69) is 22.6 Å². The summed E-state index contributed by atoms with van der Waals surface area (Å²) in [6.45, 7) is 1.10. The van der Waals surface area contributed by atoms with E-state index in [4.69, 9.17) is 9.47 Å². The second-order valence-electron chi connectivity index (χ2n) is 4.65. The largest absolute Gasteiger partial charge is 0.493 e. The third-order valence-electron chi connectivity index (χ3n) is 3.65. The van der Waals surface area contributed by atoms with E-state index < -0.39 is 0 Å². The van der Waals surface area contributed by atoms with Crippen LogP contribution in [0.4, 0.5) is 0 Å². The molecule has 2 aromatic rings. The van der Waals surface area contributed by atoms with Gasteiger partial charge in [0.25, 0.3) is 0 Å². The Morgan fingerprint density at radius 3 is 2.61 bits per heavy atom. The fraction of sp³-hybridized carbons (Fsp3) is 0.429. The topological polar surface area (TPSA) is 46.3 Å². The molecule has 1 fully saturated rings. The third kappa shape index (κ3) is 1.73. The molecule has 4 heteroatoms. The highest BCUT2D eigenvalue weighted by Gasteiger charge is 2.20. The van der Waals surface area contributed by atoms with E-state index in [0.29, 0.717) is 6.04 Å². The molecule has 18 heavy (non-hydrogen) atoms. The van der Waals surface area contributed by atoms with Gasteiger partial charge in [0.15, 0.2) is 11.5 Å². The number of aromatic amines is 1. The molecule has 96 valence electrons. The maximum Gasteiger partial charge on any atom is 0.162 e. The predicted molar refractivity (Wildman–Crippen MR) is 71.4 cm³/mol. The monoisotopic (exact) mass is 246 g/mol. The Morgan fingerprint density at radius 1 is 1.17 bits per heavy atom. The van der Waals surface area contributed by atoms with E-state index in [1.165, 1.54) is 23.8 Å². The van der Waals surface area contributed by atoms with Gasteiger partial charge >= 0.3 is 0 Å². The summed E-state index contributed by atoms with van der Waals surface area (Å²) in [4.78, 5) is 3.32. The van der Waals surface area contributed by atoms with Gasteiger partial charge in [0.05, 0.1) is 14.2 Å². The average Bonchev–Trinajstić information content (AvgIpc) is 3.05. The van der Waals surface area contributed by atoms with Gasteiger partial charge < -0.3 is 19.8 Å². The molecule has 0 saturated carbocycles. The minimum Gasteiger partial charge on any atom is -0.493 e. The van der Waals surface area contributed by atoms with Gasteiger partial charge in [0.1, 0.15) is 0 Å². The molecule has 2 N–H and O–H groups in total. The first-order chi connectivity index (χ1) is 8.83. The number of fused-ring (bicyclic) bond motifs is 1. The van der Waals surface area contributed by atoms with Gasteiger partial charge in [-0.3, -0.25) is 0 Å². The van der Waals surface area contributed by atoms with E-state index in [1.807, 2.05) is 6.07 Å². The fourth-order valence-corrected chi connectivity index (χ4v) is 2.71. The highest BCUT2D eigenvalue weighted by Crippen LogP contribution is 2.36. The first-order valence-electron chi connectivity index (χ1n) is 6.30. The Bertz CT molecular complexity index is 556. The Morgan fingerprint density at radius 2 is 1.94 bits per heavy atom. The van der Waals surface area contributed by atoms with Crippen molar-refractivity contribution in [3.05, 3.63) is 23.9 Å². The van der Waals surface area contributed by atoms with Crippen molar-refractivity contribution in [3.8, 4) is 11.5 Å². The van der Waals surface area contributed by atoms with Crippen molar-refractivity contribution in [2.75, 3.05) is 20.8 Å². The maximum absolute atomic E-state index is 5.37. The highest BCUT2D eigenvalue weighted by molar-refractivity contribution is 5.87. The molecule has 3 rings (SSSR count). The van der Waals surface area contributed by atoms with Crippen molar-refractivity contribution in [3.63, 3.8) is 0 Å². The molecule has 4 nitrogen and oxygen atoms in total. The third-order valence-corrected chi connectivity index (χ3v) is 3.65. The number of H-pyrrole nitrogens is 1. The second-order valence-corrected chi connectivity index (χ2v) is 4.65. The lowest BCUT2D eigenvalue weighted by molar-refractivity contribution is 0.356. The lowest BCUT2D eigenvalue weighted by atomic mass is 10.0. The number of methoxy groups -OCH3 is 2. The first kappa shape index (κ1) is 11.4. The summed E-state index contributed by atoms with van der Waals surface area (Å²) >= 11 is 0. The number of hydrogen-bond acceptors (Lipinski definition) is 3. The van der Waals surface area contributed by atoms with Crippen molar-refractivity contribution in [2.24, 2.45) is 0 Å². The zero-order valence-corrected chi connectivity index (χ0v) is 10.7. The van der Waals surface area contributed by atoms with Gasteiger partial charge in [-0.05, 0) is 31.0 Å². The predicted octanol–water partition coefficient (Wildman–Crippen LogP) is 2.61. The van der Waals surface area contributed by atoms with Crippen LogP contribution >= 0.6 is 0 Å². The van der Waals surface area contributed by atoms with E-state index in [0.717, 1.165) is 23.6 Å². The lowest BCUT2D eigenvalue weighted by Crippen LogP contribution is -2.12. The minimum absolute atomic E-state index is 0.455. The molecule has 1 unspecified atom stereocenters. The Balaban J connectivity index is 2.11. The molecule has 1 aliphatic heterocycles. The van der Waals surface area contributed by atoms with Gasteiger partial charge in [-0.1, -0.05) is 0 Å². The molecular weight excluding hydrogens is 228 g/mol.